The highest BCUT2D eigenvalue weighted by Gasteiger charge is 2.14. The standard InChI is InChI=1S/C37H33NO5P2/c1-28-2-20-35(21-3-28)38(36-22-16-31(17-23-36)6-4-29-8-12-33(13-9-29)26-44(39)40)37-24-18-32(19-25-37)7-5-30-10-14-34(15-11-30)27-45(41,42)43/h2-25H,26-27H2,1H3,(H2-,39,40,41,42,43)/p+1/b6-4?,7-5+. The van der Waals surface area contributed by atoms with Crippen LogP contribution in [0.2, 0.25) is 0 Å². The van der Waals surface area contributed by atoms with Gasteiger partial charge in [-0.15, -0.1) is 0 Å². The maximum Gasteiger partial charge on any atom is 0.510 e. The van der Waals surface area contributed by atoms with Crippen LogP contribution in [0, 0.1) is 6.92 Å². The predicted molar refractivity (Wildman–Crippen MR) is 186 cm³/mol. The first-order chi connectivity index (χ1) is 21.6. The highest BCUT2D eigenvalue weighted by Crippen LogP contribution is 2.39. The van der Waals surface area contributed by atoms with Crippen LogP contribution >= 0.6 is 15.6 Å². The Labute approximate surface area is 264 Å². The summed E-state index contributed by atoms with van der Waals surface area (Å²) >= 11 is 0. The molecule has 6 nitrogen and oxygen atoms in total. The zero-order valence-corrected chi connectivity index (χ0v) is 26.6. The van der Waals surface area contributed by atoms with E-state index in [4.69, 9.17) is 4.89 Å². The predicted octanol–water partition coefficient (Wildman–Crippen LogP) is 9.72. The third-order valence-corrected chi connectivity index (χ3v) is 8.61. The number of hydrogen-bond donors (Lipinski definition) is 3. The summed E-state index contributed by atoms with van der Waals surface area (Å²) in [6, 6.07) is 40.0. The lowest BCUT2D eigenvalue weighted by Crippen LogP contribution is -2.09. The van der Waals surface area contributed by atoms with Gasteiger partial charge in [-0.2, -0.15) is 4.89 Å². The van der Waals surface area contributed by atoms with Crippen molar-refractivity contribution in [2.45, 2.75) is 19.2 Å². The second-order valence-corrected chi connectivity index (χ2v) is 13.5. The van der Waals surface area contributed by atoms with Crippen LogP contribution in [-0.4, -0.2) is 14.7 Å². The van der Waals surface area contributed by atoms with Gasteiger partial charge in [0, 0.05) is 22.6 Å². The summed E-state index contributed by atoms with van der Waals surface area (Å²) < 4.78 is 22.3. The molecule has 0 radical (unpaired) electrons. The van der Waals surface area contributed by atoms with Gasteiger partial charge in [0.05, 0.1) is 6.16 Å². The Kier molecular flexibility index (Phi) is 10.4. The minimum atomic E-state index is -4.09. The molecule has 226 valence electrons. The molecule has 0 aliphatic heterocycles. The van der Waals surface area contributed by atoms with Crippen LogP contribution in [0.25, 0.3) is 24.3 Å². The number of nitrogens with zero attached hydrogens (tertiary/aromatic N) is 1. The van der Waals surface area contributed by atoms with Crippen molar-refractivity contribution in [3.8, 4) is 0 Å². The van der Waals surface area contributed by atoms with Crippen molar-refractivity contribution in [3.05, 3.63) is 160 Å². The first-order valence-electron chi connectivity index (χ1n) is 14.4. The van der Waals surface area contributed by atoms with Gasteiger partial charge < -0.3 is 14.7 Å². The number of rotatable bonds is 11. The van der Waals surface area contributed by atoms with Gasteiger partial charge in [0.25, 0.3) is 0 Å². The maximum absolute atomic E-state index is 11.3. The van der Waals surface area contributed by atoms with Crippen LogP contribution < -0.4 is 4.90 Å². The molecule has 0 heterocycles. The largest absolute Gasteiger partial charge is 0.510 e. The summed E-state index contributed by atoms with van der Waals surface area (Å²) in [6.07, 6.45) is 7.97. The van der Waals surface area contributed by atoms with E-state index in [1.54, 1.807) is 12.1 Å². The van der Waals surface area contributed by atoms with E-state index in [1.807, 2.05) is 60.7 Å². The second-order valence-electron chi connectivity index (χ2n) is 10.8. The molecule has 1 atom stereocenters. The summed E-state index contributed by atoms with van der Waals surface area (Å²) in [5.74, 6) is 0. The molecule has 0 aromatic heterocycles. The molecule has 0 aliphatic carbocycles. The number of hydrogen-bond acceptors (Lipinski definition) is 3. The molecule has 0 amide bonds. The zero-order chi connectivity index (χ0) is 31.8. The Morgan fingerprint density at radius 3 is 1.27 bits per heavy atom. The van der Waals surface area contributed by atoms with Crippen molar-refractivity contribution < 1.29 is 23.8 Å². The Morgan fingerprint density at radius 2 is 0.911 bits per heavy atom. The van der Waals surface area contributed by atoms with Crippen LogP contribution in [0.4, 0.5) is 17.1 Å². The van der Waals surface area contributed by atoms with Gasteiger partial charge in [0.15, 0.2) is 0 Å². The van der Waals surface area contributed by atoms with E-state index in [9.17, 15) is 18.9 Å². The van der Waals surface area contributed by atoms with E-state index in [2.05, 4.69) is 84.6 Å². The smallest absolute Gasteiger partial charge is 0.324 e. The molecule has 0 saturated heterocycles. The zero-order valence-electron chi connectivity index (χ0n) is 24.8. The molecule has 45 heavy (non-hydrogen) atoms. The van der Waals surface area contributed by atoms with E-state index in [0.29, 0.717) is 5.56 Å². The minimum Gasteiger partial charge on any atom is -0.324 e. The van der Waals surface area contributed by atoms with Crippen molar-refractivity contribution in [1.82, 2.24) is 0 Å². The molecule has 8 heteroatoms. The van der Waals surface area contributed by atoms with Gasteiger partial charge in [0.1, 0.15) is 0 Å². The number of anilines is 3. The molecule has 0 bridgehead atoms. The lowest BCUT2D eigenvalue weighted by atomic mass is 10.1. The van der Waals surface area contributed by atoms with Gasteiger partial charge in [0.2, 0.25) is 6.16 Å². The Hall–Kier alpha value is -4.41. The average molecular weight is 635 g/mol. The SMILES string of the molecule is Cc1ccc(N(c2ccc(C=Cc3ccc(C[P+](=O)O)cc3)cc2)c2ccc(/C=C/c3ccc(CP(=O)(O)O)cc3)cc2)cc1. The first kappa shape index (κ1) is 32.0. The average Bonchev–Trinajstić information content (AvgIpc) is 3.02. The summed E-state index contributed by atoms with van der Waals surface area (Å²) in [6.45, 7) is 2.07. The van der Waals surface area contributed by atoms with E-state index in [0.717, 1.165) is 44.9 Å². The maximum atomic E-state index is 11.3. The summed E-state index contributed by atoms with van der Waals surface area (Å²) in [7, 11) is -6.27. The fraction of sp³-hybridized carbons (Fsp3) is 0.0811. The van der Waals surface area contributed by atoms with Crippen molar-refractivity contribution >= 4 is 57.0 Å². The summed E-state index contributed by atoms with van der Waals surface area (Å²) in [4.78, 5) is 29.7. The van der Waals surface area contributed by atoms with Gasteiger partial charge in [-0.05, 0) is 75.7 Å². The third kappa shape index (κ3) is 9.54. The lowest BCUT2D eigenvalue weighted by Gasteiger charge is -2.26. The molecule has 0 fully saturated rings. The lowest BCUT2D eigenvalue weighted by molar-refractivity contribution is 0.371. The summed E-state index contributed by atoms with van der Waals surface area (Å²) in [5.41, 5.74) is 9.77. The monoisotopic (exact) mass is 634 g/mol. The summed E-state index contributed by atoms with van der Waals surface area (Å²) in [5, 5.41) is 0. The molecule has 1 unspecified atom stereocenters. The van der Waals surface area contributed by atoms with Crippen LogP contribution in [0.3, 0.4) is 0 Å². The topological polar surface area (TPSA) is 98.1 Å². The normalized spacial score (nSPS) is 12.1. The third-order valence-electron chi connectivity index (χ3n) is 7.20. The molecular weight excluding hydrogens is 600 g/mol. The van der Waals surface area contributed by atoms with Crippen LogP contribution in [-0.2, 0) is 21.5 Å². The van der Waals surface area contributed by atoms with Crippen LogP contribution in [0.1, 0.15) is 38.9 Å². The quantitative estimate of drug-likeness (QED) is 0.0989. The van der Waals surface area contributed by atoms with Crippen molar-refractivity contribution in [2.75, 3.05) is 4.90 Å². The van der Waals surface area contributed by atoms with E-state index in [-0.39, 0.29) is 12.3 Å². The number of benzene rings is 5. The first-order valence-corrected chi connectivity index (χ1v) is 17.6. The van der Waals surface area contributed by atoms with Crippen LogP contribution in [0.5, 0.6) is 0 Å². The van der Waals surface area contributed by atoms with Gasteiger partial charge >= 0.3 is 15.6 Å². The minimum absolute atomic E-state index is 0.165. The molecule has 0 aliphatic rings. The van der Waals surface area contributed by atoms with Gasteiger partial charge in [-0.25, -0.2) is 0 Å². The highest BCUT2D eigenvalue weighted by molar-refractivity contribution is 7.50. The molecule has 5 aromatic rings. The van der Waals surface area contributed by atoms with Crippen molar-refractivity contribution in [1.29, 1.82) is 0 Å². The van der Waals surface area contributed by atoms with Crippen molar-refractivity contribution in [2.24, 2.45) is 0 Å². The Bertz CT molecular complexity index is 1840. The Balaban J connectivity index is 1.33. The fourth-order valence-electron chi connectivity index (χ4n) is 4.86. The molecular formula is C37H34NO5P2+. The molecule has 5 rings (SSSR count). The second kappa shape index (κ2) is 14.6. The van der Waals surface area contributed by atoms with Crippen LogP contribution in [0.15, 0.2) is 121 Å². The van der Waals surface area contributed by atoms with E-state index >= 15 is 0 Å². The van der Waals surface area contributed by atoms with E-state index in [1.165, 1.54) is 5.56 Å². The molecule has 0 saturated carbocycles. The van der Waals surface area contributed by atoms with Crippen molar-refractivity contribution in [3.63, 3.8) is 0 Å². The number of aryl methyl sites for hydroxylation is 1. The van der Waals surface area contributed by atoms with E-state index < -0.39 is 15.6 Å². The highest BCUT2D eigenvalue weighted by atomic mass is 31.2. The molecule has 0 spiro atoms. The Morgan fingerprint density at radius 1 is 0.578 bits per heavy atom. The molecule has 3 N–H and O–H groups in total. The molecule has 5 aromatic carbocycles. The van der Waals surface area contributed by atoms with Gasteiger partial charge in [-0.1, -0.05) is 115 Å². The van der Waals surface area contributed by atoms with Gasteiger partial charge in [-0.3, -0.25) is 4.57 Å². The fourth-order valence-corrected chi connectivity index (χ4v) is 6.07.